The molecule has 2 aromatic rings. The zero-order valence-electron chi connectivity index (χ0n) is 14.3. The number of fused-ring (bicyclic) bond motifs is 1. The first-order valence-electron chi connectivity index (χ1n) is 8.46. The fourth-order valence-corrected chi connectivity index (χ4v) is 3.47. The van der Waals surface area contributed by atoms with Gasteiger partial charge in [0.2, 0.25) is 0 Å². The Bertz CT molecular complexity index is 853. The minimum Gasteiger partial charge on any atom is -0.324 e. The van der Waals surface area contributed by atoms with Crippen LogP contribution in [0, 0.1) is 10.1 Å². The molecule has 27 heavy (non-hydrogen) atoms. The summed E-state index contributed by atoms with van der Waals surface area (Å²) in [5.41, 5.74) is 1.53. The van der Waals surface area contributed by atoms with Crippen molar-refractivity contribution in [2.45, 2.75) is 38.0 Å². The number of hydrogen-bond donors (Lipinski definition) is 0. The summed E-state index contributed by atoms with van der Waals surface area (Å²) in [7, 11) is 0. The fraction of sp³-hybridized carbons (Fsp3) is 0.316. The number of nitro benzene ring substituents is 1. The smallest absolute Gasteiger partial charge is 0.324 e. The Hall–Kier alpha value is -2.90. The molecule has 2 aromatic carbocycles. The first kappa shape index (κ1) is 18.9. The van der Waals surface area contributed by atoms with Crippen LogP contribution in [0.25, 0.3) is 0 Å². The lowest BCUT2D eigenvalue weighted by Gasteiger charge is -2.36. The quantitative estimate of drug-likeness (QED) is 0.579. The van der Waals surface area contributed by atoms with Gasteiger partial charge in [-0.2, -0.15) is 13.2 Å². The molecule has 1 aliphatic carbocycles. The lowest BCUT2D eigenvalue weighted by Crippen LogP contribution is -2.43. The van der Waals surface area contributed by atoms with Gasteiger partial charge in [0.1, 0.15) is 0 Å². The van der Waals surface area contributed by atoms with Crippen LogP contribution >= 0.6 is 0 Å². The highest BCUT2D eigenvalue weighted by atomic mass is 19.4. The number of halogens is 3. The molecule has 3 rings (SSSR count). The van der Waals surface area contributed by atoms with Gasteiger partial charge in [-0.15, -0.1) is 0 Å². The normalized spacial score (nSPS) is 16.5. The standard InChI is InChI=1S/C19H17F3N2O3/c20-19(21,22)18(25)23(12-13-5-2-1-3-6-13)17-8-4-7-14-9-10-15(24(26)27)11-16(14)17/h1-3,5-6,9-11,17H,4,7-8,12H2. The molecule has 0 saturated heterocycles. The van der Waals surface area contributed by atoms with Crippen molar-refractivity contribution in [3.63, 3.8) is 0 Å². The highest BCUT2D eigenvalue weighted by Crippen LogP contribution is 2.39. The molecule has 0 aromatic heterocycles. The first-order chi connectivity index (χ1) is 12.8. The van der Waals surface area contributed by atoms with E-state index in [0.29, 0.717) is 30.4 Å². The monoisotopic (exact) mass is 378 g/mol. The Morgan fingerprint density at radius 3 is 2.52 bits per heavy atom. The SMILES string of the molecule is O=C(N(Cc1ccccc1)C1CCCc2ccc([N+](=O)[O-])cc21)C(F)(F)F. The van der Waals surface area contributed by atoms with E-state index in [1.807, 2.05) is 0 Å². The summed E-state index contributed by atoms with van der Waals surface area (Å²) in [5.74, 6) is -1.93. The maximum atomic E-state index is 13.2. The third-order valence-electron chi connectivity index (χ3n) is 4.70. The lowest BCUT2D eigenvalue weighted by atomic mass is 9.86. The second-order valence-corrected chi connectivity index (χ2v) is 6.46. The lowest BCUT2D eigenvalue weighted by molar-refractivity contribution is -0.385. The Labute approximate surface area is 153 Å². The van der Waals surface area contributed by atoms with E-state index in [1.54, 1.807) is 36.4 Å². The van der Waals surface area contributed by atoms with Crippen molar-refractivity contribution in [1.82, 2.24) is 4.90 Å². The summed E-state index contributed by atoms with van der Waals surface area (Å²) in [5, 5.41) is 11.1. The Balaban J connectivity index is 2.04. The topological polar surface area (TPSA) is 63.5 Å². The number of aryl methyl sites for hydroxylation is 1. The Morgan fingerprint density at radius 1 is 1.19 bits per heavy atom. The molecule has 0 N–H and O–H groups in total. The molecule has 0 fully saturated rings. The van der Waals surface area contributed by atoms with E-state index in [1.165, 1.54) is 12.1 Å². The van der Waals surface area contributed by atoms with Crippen LogP contribution < -0.4 is 0 Å². The minimum atomic E-state index is -5.02. The zero-order chi connectivity index (χ0) is 19.6. The molecular weight excluding hydrogens is 361 g/mol. The molecule has 0 heterocycles. The molecule has 0 radical (unpaired) electrons. The number of carbonyl (C=O) groups is 1. The molecule has 0 saturated carbocycles. The number of hydrogen-bond acceptors (Lipinski definition) is 3. The summed E-state index contributed by atoms with van der Waals surface area (Å²) in [6.45, 7) is -0.216. The van der Waals surface area contributed by atoms with Crippen LogP contribution in [0.1, 0.15) is 35.6 Å². The zero-order valence-corrected chi connectivity index (χ0v) is 14.3. The highest BCUT2D eigenvalue weighted by Gasteiger charge is 2.45. The van der Waals surface area contributed by atoms with E-state index < -0.39 is 23.0 Å². The van der Waals surface area contributed by atoms with Crippen LogP contribution in [0.5, 0.6) is 0 Å². The Kier molecular flexibility index (Phi) is 5.16. The van der Waals surface area contributed by atoms with Crippen molar-refractivity contribution in [2.75, 3.05) is 0 Å². The van der Waals surface area contributed by atoms with Gasteiger partial charge in [-0.3, -0.25) is 14.9 Å². The van der Waals surface area contributed by atoms with Crippen LogP contribution in [0.4, 0.5) is 18.9 Å². The van der Waals surface area contributed by atoms with E-state index in [2.05, 4.69) is 0 Å². The molecule has 1 unspecified atom stereocenters. The fourth-order valence-electron chi connectivity index (χ4n) is 3.47. The van der Waals surface area contributed by atoms with Crippen molar-refractivity contribution in [3.8, 4) is 0 Å². The predicted molar refractivity (Wildman–Crippen MR) is 91.8 cm³/mol. The second kappa shape index (κ2) is 7.38. The van der Waals surface area contributed by atoms with Crippen molar-refractivity contribution in [2.24, 2.45) is 0 Å². The van der Waals surface area contributed by atoms with Crippen LogP contribution in [-0.2, 0) is 17.8 Å². The Morgan fingerprint density at radius 2 is 1.89 bits per heavy atom. The number of amides is 1. The molecule has 5 nitrogen and oxygen atoms in total. The van der Waals surface area contributed by atoms with Gasteiger partial charge in [0.15, 0.2) is 0 Å². The average molecular weight is 378 g/mol. The summed E-state index contributed by atoms with van der Waals surface area (Å²) < 4.78 is 39.7. The van der Waals surface area contributed by atoms with Gasteiger partial charge in [0.25, 0.3) is 5.69 Å². The van der Waals surface area contributed by atoms with Crippen LogP contribution in [0.15, 0.2) is 48.5 Å². The predicted octanol–water partition coefficient (Wildman–Crippen LogP) is 4.56. The van der Waals surface area contributed by atoms with Gasteiger partial charge in [0.05, 0.1) is 11.0 Å². The largest absolute Gasteiger partial charge is 0.471 e. The third kappa shape index (κ3) is 4.10. The van der Waals surface area contributed by atoms with Crippen molar-refractivity contribution in [1.29, 1.82) is 0 Å². The maximum absolute atomic E-state index is 13.2. The molecule has 8 heteroatoms. The first-order valence-corrected chi connectivity index (χ1v) is 8.46. The van der Waals surface area contributed by atoms with Gasteiger partial charge in [-0.1, -0.05) is 36.4 Å². The van der Waals surface area contributed by atoms with Crippen LogP contribution in [-0.4, -0.2) is 21.9 Å². The molecule has 0 bridgehead atoms. The van der Waals surface area contributed by atoms with E-state index in [-0.39, 0.29) is 12.2 Å². The third-order valence-corrected chi connectivity index (χ3v) is 4.70. The van der Waals surface area contributed by atoms with Gasteiger partial charge < -0.3 is 4.90 Å². The summed E-state index contributed by atoms with van der Waals surface area (Å²) in [6.07, 6.45) is -3.48. The van der Waals surface area contributed by atoms with Gasteiger partial charge in [0, 0.05) is 18.7 Å². The number of nitro groups is 1. The number of rotatable bonds is 4. The minimum absolute atomic E-state index is 0.195. The number of non-ortho nitro benzene ring substituents is 1. The molecule has 1 aliphatic rings. The molecule has 1 atom stereocenters. The van der Waals surface area contributed by atoms with Gasteiger partial charge >= 0.3 is 12.1 Å². The summed E-state index contributed by atoms with van der Waals surface area (Å²) in [4.78, 5) is 23.5. The van der Waals surface area contributed by atoms with E-state index in [0.717, 1.165) is 10.5 Å². The van der Waals surface area contributed by atoms with Crippen molar-refractivity contribution in [3.05, 3.63) is 75.3 Å². The molecule has 0 aliphatic heterocycles. The molecule has 1 amide bonds. The van der Waals surface area contributed by atoms with Crippen LogP contribution in [0.3, 0.4) is 0 Å². The molecule has 0 spiro atoms. The molecular formula is C19H17F3N2O3. The summed E-state index contributed by atoms with van der Waals surface area (Å²) in [6, 6.07) is 11.7. The van der Waals surface area contributed by atoms with E-state index >= 15 is 0 Å². The van der Waals surface area contributed by atoms with Gasteiger partial charge in [-0.25, -0.2) is 0 Å². The number of nitrogens with zero attached hydrogens (tertiary/aromatic N) is 2. The maximum Gasteiger partial charge on any atom is 0.471 e. The van der Waals surface area contributed by atoms with Gasteiger partial charge in [-0.05, 0) is 36.0 Å². The van der Waals surface area contributed by atoms with Crippen molar-refractivity contribution < 1.29 is 22.9 Å². The van der Waals surface area contributed by atoms with Crippen LogP contribution in [0.2, 0.25) is 0 Å². The number of carbonyl (C=O) groups excluding carboxylic acids is 1. The number of benzene rings is 2. The second-order valence-electron chi connectivity index (χ2n) is 6.46. The molecule has 142 valence electrons. The van der Waals surface area contributed by atoms with E-state index in [4.69, 9.17) is 0 Å². The van der Waals surface area contributed by atoms with E-state index in [9.17, 15) is 28.1 Å². The number of alkyl halides is 3. The average Bonchev–Trinajstić information content (AvgIpc) is 2.65. The highest BCUT2D eigenvalue weighted by molar-refractivity contribution is 5.82. The summed E-state index contributed by atoms with van der Waals surface area (Å²) >= 11 is 0. The van der Waals surface area contributed by atoms with Crippen molar-refractivity contribution >= 4 is 11.6 Å².